The molecule has 0 saturated carbocycles. The summed E-state index contributed by atoms with van der Waals surface area (Å²) in [5.74, 6) is 0.887. The molecular formula is C22H23N3O3. The van der Waals surface area contributed by atoms with Crippen LogP contribution >= 0.6 is 0 Å². The molecule has 4 rings (SSSR count). The number of aromatic nitrogens is 1. The molecule has 2 heterocycles. The fourth-order valence-corrected chi connectivity index (χ4v) is 3.47. The molecule has 144 valence electrons. The van der Waals surface area contributed by atoms with Gasteiger partial charge in [0.1, 0.15) is 18.9 Å². The maximum absolute atomic E-state index is 12.6. The fraction of sp³-hybridized carbons (Fsp3) is 0.273. The monoisotopic (exact) mass is 377 g/mol. The van der Waals surface area contributed by atoms with Gasteiger partial charge < -0.3 is 19.1 Å². The Morgan fingerprint density at radius 3 is 2.54 bits per heavy atom. The summed E-state index contributed by atoms with van der Waals surface area (Å²) in [6, 6.07) is 18.0. The lowest BCUT2D eigenvalue weighted by Crippen LogP contribution is -2.48. The van der Waals surface area contributed by atoms with Crippen molar-refractivity contribution in [2.24, 2.45) is 0 Å². The van der Waals surface area contributed by atoms with Crippen molar-refractivity contribution in [3.63, 3.8) is 0 Å². The highest BCUT2D eigenvalue weighted by atomic mass is 16.5. The average Bonchev–Trinajstić information content (AvgIpc) is 3.15. The first-order chi connectivity index (χ1) is 13.7. The number of benzene rings is 2. The van der Waals surface area contributed by atoms with E-state index in [2.05, 4.69) is 0 Å². The SMILES string of the molecule is O=CN1CCN(C(=O)Cn2ccc3cc(OCc4ccccc4)ccc32)CC1. The lowest BCUT2D eigenvalue weighted by Gasteiger charge is -2.32. The zero-order valence-corrected chi connectivity index (χ0v) is 15.7. The van der Waals surface area contributed by atoms with Crippen LogP contribution < -0.4 is 4.74 Å². The normalized spacial score (nSPS) is 14.3. The largest absolute Gasteiger partial charge is 0.489 e. The molecule has 0 atom stereocenters. The summed E-state index contributed by atoms with van der Waals surface area (Å²) in [5.41, 5.74) is 2.13. The number of hydrogen-bond acceptors (Lipinski definition) is 3. The van der Waals surface area contributed by atoms with Crippen LogP contribution in [0.25, 0.3) is 10.9 Å². The van der Waals surface area contributed by atoms with E-state index in [9.17, 15) is 9.59 Å². The molecule has 1 fully saturated rings. The molecule has 3 aromatic rings. The molecule has 28 heavy (non-hydrogen) atoms. The summed E-state index contributed by atoms with van der Waals surface area (Å²) in [7, 11) is 0. The summed E-state index contributed by atoms with van der Waals surface area (Å²) < 4.78 is 7.85. The number of ether oxygens (including phenoxy) is 1. The zero-order valence-electron chi connectivity index (χ0n) is 15.7. The second kappa shape index (κ2) is 8.17. The van der Waals surface area contributed by atoms with E-state index < -0.39 is 0 Å². The van der Waals surface area contributed by atoms with E-state index in [1.807, 2.05) is 70.3 Å². The maximum Gasteiger partial charge on any atom is 0.242 e. The van der Waals surface area contributed by atoms with Gasteiger partial charge in [-0.25, -0.2) is 0 Å². The van der Waals surface area contributed by atoms with Crippen molar-refractivity contribution in [1.82, 2.24) is 14.4 Å². The third-order valence-electron chi connectivity index (χ3n) is 5.11. The lowest BCUT2D eigenvalue weighted by atomic mass is 10.2. The van der Waals surface area contributed by atoms with Crippen LogP contribution in [0, 0.1) is 0 Å². The van der Waals surface area contributed by atoms with Crippen LogP contribution in [0.1, 0.15) is 5.56 Å². The van der Waals surface area contributed by atoms with E-state index in [0.29, 0.717) is 39.3 Å². The number of amides is 2. The van der Waals surface area contributed by atoms with E-state index in [1.54, 1.807) is 4.90 Å². The molecule has 1 aliphatic rings. The maximum atomic E-state index is 12.6. The molecule has 2 amide bonds. The van der Waals surface area contributed by atoms with Gasteiger partial charge in [0, 0.05) is 43.3 Å². The molecule has 0 radical (unpaired) electrons. The van der Waals surface area contributed by atoms with Crippen molar-refractivity contribution >= 4 is 23.2 Å². The van der Waals surface area contributed by atoms with Gasteiger partial charge in [0.2, 0.25) is 12.3 Å². The Labute approximate surface area is 163 Å². The minimum Gasteiger partial charge on any atom is -0.489 e. The van der Waals surface area contributed by atoms with Gasteiger partial charge in [-0.2, -0.15) is 0 Å². The highest BCUT2D eigenvalue weighted by Gasteiger charge is 2.20. The number of fused-ring (bicyclic) bond motifs is 1. The molecule has 0 spiro atoms. The van der Waals surface area contributed by atoms with Gasteiger partial charge in [-0.1, -0.05) is 30.3 Å². The zero-order chi connectivity index (χ0) is 19.3. The second-order valence-electron chi connectivity index (χ2n) is 6.96. The Balaban J connectivity index is 1.40. The quantitative estimate of drug-likeness (QED) is 0.621. The summed E-state index contributed by atoms with van der Waals surface area (Å²) in [4.78, 5) is 26.9. The molecule has 0 bridgehead atoms. The van der Waals surface area contributed by atoms with Crippen LogP contribution in [-0.2, 0) is 22.7 Å². The predicted molar refractivity (Wildman–Crippen MR) is 107 cm³/mol. The van der Waals surface area contributed by atoms with Crippen LogP contribution in [0.5, 0.6) is 5.75 Å². The second-order valence-corrected chi connectivity index (χ2v) is 6.96. The number of piperazine rings is 1. The van der Waals surface area contributed by atoms with Crippen molar-refractivity contribution in [3.05, 3.63) is 66.4 Å². The first-order valence-electron chi connectivity index (χ1n) is 9.46. The van der Waals surface area contributed by atoms with Gasteiger partial charge in [-0.05, 0) is 29.8 Å². The van der Waals surface area contributed by atoms with Crippen molar-refractivity contribution in [1.29, 1.82) is 0 Å². The van der Waals surface area contributed by atoms with E-state index >= 15 is 0 Å². The van der Waals surface area contributed by atoms with Crippen LogP contribution in [0.15, 0.2) is 60.8 Å². The first kappa shape index (κ1) is 18.1. The summed E-state index contributed by atoms with van der Waals surface area (Å²) >= 11 is 0. The van der Waals surface area contributed by atoms with Crippen LogP contribution in [0.2, 0.25) is 0 Å². The van der Waals surface area contributed by atoms with E-state index in [1.165, 1.54) is 0 Å². The van der Waals surface area contributed by atoms with Gasteiger partial charge in [-0.3, -0.25) is 9.59 Å². The molecule has 6 heteroatoms. The predicted octanol–water partition coefficient (Wildman–Crippen LogP) is 2.52. The van der Waals surface area contributed by atoms with E-state index in [4.69, 9.17) is 4.74 Å². The standard InChI is InChI=1S/C22H23N3O3/c26-17-23-10-12-24(13-11-23)22(27)15-25-9-8-19-14-20(6-7-21(19)25)28-16-18-4-2-1-3-5-18/h1-9,14,17H,10-13,15-16H2. The molecule has 6 nitrogen and oxygen atoms in total. The van der Waals surface area contributed by atoms with Gasteiger partial charge in [0.15, 0.2) is 0 Å². The summed E-state index contributed by atoms with van der Waals surface area (Å²) in [6.45, 7) is 3.21. The Morgan fingerprint density at radius 1 is 1.00 bits per heavy atom. The number of carbonyl (C=O) groups excluding carboxylic acids is 2. The summed E-state index contributed by atoms with van der Waals surface area (Å²) in [6.07, 6.45) is 2.78. The average molecular weight is 377 g/mol. The van der Waals surface area contributed by atoms with Gasteiger partial charge in [0.05, 0.1) is 0 Å². The number of hydrogen-bond donors (Lipinski definition) is 0. The number of nitrogens with zero attached hydrogens (tertiary/aromatic N) is 3. The Morgan fingerprint density at radius 2 is 1.79 bits per heavy atom. The molecular weight excluding hydrogens is 354 g/mol. The third kappa shape index (κ3) is 4.01. The third-order valence-corrected chi connectivity index (χ3v) is 5.11. The molecule has 2 aromatic carbocycles. The highest BCUT2D eigenvalue weighted by Crippen LogP contribution is 2.23. The van der Waals surface area contributed by atoms with Gasteiger partial charge in [0.25, 0.3) is 0 Å². The molecule has 0 unspecified atom stereocenters. The smallest absolute Gasteiger partial charge is 0.242 e. The Hall–Kier alpha value is -3.28. The van der Waals surface area contributed by atoms with Crippen molar-refractivity contribution in [2.45, 2.75) is 13.2 Å². The highest BCUT2D eigenvalue weighted by molar-refractivity contribution is 5.84. The Bertz CT molecular complexity index is 960. The topological polar surface area (TPSA) is 54.8 Å². The van der Waals surface area contributed by atoms with E-state index in [-0.39, 0.29) is 5.91 Å². The molecule has 1 aromatic heterocycles. The van der Waals surface area contributed by atoms with Crippen LogP contribution in [-0.4, -0.2) is 52.9 Å². The van der Waals surface area contributed by atoms with Crippen molar-refractivity contribution in [2.75, 3.05) is 26.2 Å². The molecule has 1 saturated heterocycles. The van der Waals surface area contributed by atoms with Crippen molar-refractivity contribution in [3.8, 4) is 5.75 Å². The minimum absolute atomic E-state index is 0.0763. The van der Waals surface area contributed by atoms with Crippen LogP contribution in [0.4, 0.5) is 0 Å². The van der Waals surface area contributed by atoms with Crippen LogP contribution in [0.3, 0.4) is 0 Å². The fourth-order valence-electron chi connectivity index (χ4n) is 3.47. The van der Waals surface area contributed by atoms with E-state index in [0.717, 1.165) is 28.6 Å². The summed E-state index contributed by atoms with van der Waals surface area (Å²) in [5, 5.41) is 1.05. The number of rotatable bonds is 6. The van der Waals surface area contributed by atoms with Gasteiger partial charge in [-0.15, -0.1) is 0 Å². The molecule has 1 aliphatic heterocycles. The lowest BCUT2D eigenvalue weighted by molar-refractivity contribution is -0.135. The molecule has 0 N–H and O–H groups in total. The molecule has 0 aliphatic carbocycles. The first-order valence-corrected chi connectivity index (χ1v) is 9.46. The Kier molecular flexibility index (Phi) is 5.28. The van der Waals surface area contributed by atoms with Gasteiger partial charge >= 0.3 is 0 Å². The minimum atomic E-state index is 0.0763. The number of carbonyl (C=O) groups is 2. The van der Waals surface area contributed by atoms with Crippen molar-refractivity contribution < 1.29 is 14.3 Å².